The lowest BCUT2D eigenvalue weighted by molar-refractivity contribution is -0.117. The van der Waals surface area contributed by atoms with E-state index in [2.05, 4.69) is 15.3 Å². The molecule has 25 heavy (non-hydrogen) atoms. The molecule has 7 heteroatoms. The number of nitrogens with one attached hydrogen (secondary N) is 1. The predicted molar refractivity (Wildman–Crippen MR) is 100 cm³/mol. The van der Waals surface area contributed by atoms with Gasteiger partial charge in [-0.2, -0.15) is 0 Å². The van der Waals surface area contributed by atoms with Gasteiger partial charge in [0, 0.05) is 16.1 Å². The summed E-state index contributed by atoms with van der Waals surface area (Å²) in [5.41, 5.74) is 7.49. The van der Waals surface area contributed by atoms with Crippen LogP contribution in [0.15, 0.2) is 48.5 Å². The van der Waals surface area contributed by atoms with Gasteiger partial charge in [-0.05, 0) is 43.4 Å². The lowest BCUT2D eigenvalue weighted by Gasteiger charge is -2.16. The SMILES string of the molecule is CN(CC(=O)Nc1ccc(Cl)cc1)Cc1nc(N)c2ccccc2n1. The van der Waals surface area contributed by atoms with Crippen molar-refractivity contribution in [3.8, 4) is 0 Å². The molecule has 2 aromatic carbocycles. The number of carbonyl (C=O) groups excluding carboxylic acids is 1. The molecule has 6 nitrogen and oxygen atoms in total. The Hall–Kier alpha value is -2.70. The van der Waals surface area contributed by atoms with E-state index in [-0.39, 0.29) is 12.5 Å². The first-order valence-electron chi connectivity index (χ1n) is 7.76. The molecule has 0 aliphatic heterocycles. The molecule has 3 N–H and O–H groups in total. The van der Waals surface area contributed by atoms with E-state index in [1.165, 1.54) is 0 Å². The number of carbonyl (C=O) groups is 1. The Bertz CT molecular complexity index is 898. The standard InChI is InChI=1S/C18H18ClN5O/c1-24(11-17(25)21-13-8-6-12(19)7-9-13)10-16-22-15-5-3-2-4-14(15)18(20)23-16/h2-9H,10-11H2,1H3,(H,21,25)(H2,20,22,23). The normalized spacial score (nSPS) is 11.0. The van der Waals surface area contributed by atoms with Crippen molar-refractivity contribution in [3.05, 3.63) is 59.4 Å². The lowest BCUT2D eigenvalue weighted by atomic mass is 10.2. The number of aromatic nitrogens is 2. The second kappa shape index (κ2) is 7.46. The zero-order valence-corrected chi connectivity index (χ0v) is 14.5. The van der Waals surface area contributed by atoms with Crippen molar-refractivity contribution in [1.29, 1.82) is 0 Å². The Kier molecular flexibility index (Phi) is 5.11. The van der Waals surface area contributed by atoms with Gasteiger partial charge in [-0.25, -0.2) is 9.97 Å². The number of halogens is 1. The van der Waals surface area contributed by atoms with Gasteiger partial charge < -0.3 is 11.1 Å². The summed E-state index contributed by atoms with van der Waals surface area (Å²) in [6, 6.07) is 14.6. The molecule has 0 radical (unpaired) electrons. The summed E-state index contributed by atoms with van der Waals surface area (Å²) in [5.74, 6) is 0.899. The van der Waals surface area contributed by atoms with Crippen LogP contribution in [0.3, 0.4) is 0 Å². The van der Waals surface area contributed by atoms with E-state index >= 15 is 0 Å². The summed E-state index contributed by atoms with van der Waals surface area (Å²) >= 11 is 5.83. The average molecular weight is 356 g/mol. The van der Waals surface area contributed by atoms with Crippen LogP contribution < -0.4 is 11.1 Å². The molecule has 0 aliphatic carbocycles. The highest BCUT2D eigenvalue weighted by atomic mass is 35.5. The second-order valence-corrected chi connectivity index (χ2v) is 6.21. The summed E-state index contributed by atoms with van der Waals surface area (Å²) in [4.78, 5) is 22.8. The fraction of sp³-hybridized carbons (Fsp3) is 0.167. The minimum absolute atomic E-state index is 0.126. The molecule has 1 aromatic heterocycles. The van der Waals surface area contributed by atoms with Crippen LogP contribution in [-0.4, -0.2) is 34.4 Å². The fourth-order valence-electron chi connectivity index (χ4n) is 2.50. The van der Waals surface area contributed by atoms with Crippen LogP contribution in [-0.2, 0) is 11.3 Å². The number of nitrogens with two attached hydrogens (primary N) is 1. The summed E-state index contributed by atoms with van der Waals surface area (Å²) in [5, 5.41) is 4.28. The largest absolute Gasteiger partial charge is 0.383 e. The van der Waals surface area contributed by atoms with Gasteiger partial charge in [0.1, 0.15) is 11.6 Å². The van der Waals surface area contributed by atoms with Crippen LogP contribution in [0.1, 0.15) is 5.82 Å². The smallest absolute Gasteiger partial charge is 0.238 e. The highest BCUT2D eigenvalue weighted by molar-refractivity contribution is 6.30. The van der Waals surface area contributed by atoms with Gasteiger partial charge in [-0.1, -0.05) is 23.7 Å². The first-order chi connectivity index (χ1) is 12.0. The molecule has 1 heterocycles. The van der Waals surface area contributed by atoms with Crippen molar-refractivity contribution in [3.63, 3.8) is 0 Å². The number of likely N-dealkylation sites (N-methyl/N-ethyl adjacent to an activating group) is 1. The van der Waals surface area contributed by atoms with Crippen LogP contribution in [0.2, 0.25) is 5.02 Å². The molecular formula is C18H18ClN5O. The number of rotatable bonds is 5. The van der Waals surface area contributed by atoms with Crippen molar-refractivity contribution in [2.45, 2.75) is 6.54 Å². The third-order valence-corrected chi connectivity index (χ3v) is 3.88. The Labute approximate surface area is 150 Å². The number of anilines is 2. The first kappa shape index (κ1) is 17.1. The second-order valence-electron chi connectivity index (χ2n) is 5.77. The molecule has 0 unspecified atom stereocenters. The van der Waals surface area contributed by atoms with Crippen LogP contribution in [0.25, 0.3) is 10.9 Å². The fourth-order valence-corrected chi connectivity index (χ4v) is 2.62. The van der Waals surface area contributed by atoms with Crippen molar-refractivity contribution in [1.82, 2.24) is 14.9 Å². The van der Waals surface area contributed by atoms with E-state index in [0.29, 0.717) is 28.9 Å². The maximum absolute atomic E-state index is 12.1. The summed E-state index contributed by atoms with van der Waals surface area (Å²) in [6.07, 6.45) is 0. The molecule has 0 fully saturated rings. The minimum Gasteiger partial charge on any atom is -0.383 e. The van der Waals surface area contributed by atoms with Crippen molar-refractivity contribution >= 4 is 39.9 Å². The molecule has 0 spiro atoms. The number of benzene rings is 2. The maximum atomic E-state index is 12.1. The van der Waals surface area contributed by atoms with Gasteiger partial charge in [0.05, 0.1) is 18.6 Å². The molecule has 3 rings (SSSR count). The van der Waals surface area contributed by atoms with Gasteiger partial charge in [-0.15, -0.1) is 0 Å². The summed E-state index contributed by atoms with van der Waals surface area (Å²) in [6.45, 7) is 0.627. The molecule has 1 amide bonds. The van der Waals surface area contributed by atoms with E-state index < -0.39 is 0 Å². The number of amides is 1. The van der Waals surface area contributed by atoms with E-state index in [1.807, 2.05) is 36.2 Å². The Morgan fingerprint density at radius 2 is 1.88 bits per heavy atom. The first-order valence-corrected chi connectivity index (χ1v) is 8.14. The molecule has 0 saturated heterocycles. The van der Waals surface area contributed by atoms with Crippen molar-refractivity contribution in [2.24, 2.45) is 0 Å². The van der Waals surface area contributed by atoms with Crippen LogP contribution in [0, 0.1) is 0 Å². The van der Waals surface area contributed by atoms with Gasteiger partial charge >= 0.3 is 0 Å². The van der Waals surface area contributed by atoms with E-state index in [1.54, 1.807) is 24.3 Å². The average Bonchev–Trinajstić information content (AvgIpc) is 2.57. The van der Waals surface area contributed by atoms with Crippen molar-refractivity contribution in [2.75, 3.05) is 24.6 Å². The Morgan fingerprint density at radius 3 is 2.64 bits per heavy atom. The van der Waals surface area contributed by atoms with Crippen LogP contribution in [0.5, 0.6) is 0 Å². The number of nitrogens with zero attached hydrogens (tertiary/aromatic N) is 3. The number of hydrogen-bond donors (Lipinski definition) is 2. The third kappa shape index (κ3) is 4.43. The third-order valence-electron chi connectivity index (χ3n) is 3.63. The van der Waals surface area contributed by atoms with E-state index in [0.717, 1.165) is 10.9 Å². The number of hydrogen-bond acceptors (Lipinski definition) is 5. The van der Waals surface area contributed by atoms with Crippen molar-refractivity contribution < 1.29 is 4.79 Å². The van der Waals surface area contributed by atoms with Crippen LogP contribution >= 0.6 is 11.6 Å². The van der Waals surface area contributed by atoms with Gasteiger partial charge in [0.25, 0.3) is 0 Å². The number of fused-ring (bicyclic) bond motifs is 1. The van der Waals surface area contributed by atoms with E-state index in [9.17, 15) is 4.79 Å². The maximum Gasteiger partial charge on any atom is 0.238 e. The zero-order chi connectivity index (χ0) is 17.8. The minimum atomic E-state index is -0.126. The van der Waals surface area contributed by atoms with Gasteiger partial charge in [0.15, 0.2) is 0 Å². The molecule has 128 valence electrons. The zero-order valence-electron chi connectivity index (χ0n) is 13.7. The number of para-hydroxylation sites is 1. The highest BCUT2D eigenvalue weighted by Gasteiger charge is 2.11. The summed E-state index contributed by atoms with van der Waals surface area (Å²) < 4.78 is 0. The van der Waals surface area contributed by atoms with Crippen LogP contribution in [0.4, 0.5) is 11.5 Å². The topological polar surface area (TPSA) is 84.1 Å². The Balaban J connectivity index is 1.63. The van der Waals surface area contributed by atoms with E-state index in [4.69, 9.17) is 17.3 Å². The quantitative estimate of drug-likeness (QED) is 0.735. The van der Waals surface area contributed by atoms with Gasteiger partial charge in [0.2, 0.25) is 5.91 Å². The molecule has 0 aliphatic rings. The molecule has 3 aromatic rings. The molecule has 0 atom stereocenters. The molecule has 0 saturated carbocycles. The van der Waals surface area contributed by atoms with Gasteiger partial charge in [-0.3, -0.25) is 9.69 Å². The molecule has 0 bridgehead atoms. The monoisotopic (exact) mass is 355 g/mol. The Morgan fingerprint density at radius 1 is 1.16 bits per heavy atom. The lowest BCUT2D eigenvalue weighted by Crippen LogP contribution is -2.30. The highest BCUT2D eigenvalue weighted by Crippen LogP contribution is 2.17. The molecular weight excluding hydrogens is 338 g/mol. The predicted octanol–water partition coefficient (Wildman–Crippen LogP) is 2.94. The number of nitrogen functional groups attached to an aromatic ring is 1. The summed E-state index contributed by atoms with van der Waals surface area (Å²) in [7, 11) is 1.83.